The summed E-state index contributed by atoms with van der Waals surface area (Å²) < 4.78 is 10.7. The van der Waals surface area contributed by atoms with Crippen LogP contribution in [0.25, 0.3) is 11.3 Å². The molecule has 0 aliphatic heterocycles. The summed E-state index contributed by atoms with van der Waals surface area (Å²) in [6, 6.07) is 5.41. The SMILES string of the molecule is CNCc1ncoc1-c1ccc(Cl)cc1OC. The maximum absolute atomic E-state index is 5.92. The highest BCUT2D eigenvalue weighted by Gasteiger charge is 2.14. The van der Waals surface area contributed by atoms with E-state index in [1.54, 1.807) is 19.2 Å². The van der Waals surface area contributed by atoms with Gasteiger partial charge in [0.15, 0.2) is 12.2 Å². The second-order valence-corrected chi connectivity index (χ2v) is 3.94. The number of nitrogens with zero attached hydrogens (tertiary/aromatic N) is 1. The van der Waals surface area contributed by atoms with E-state index in [-0.39, 0.29) is 0 Å². The number of benzene rings is 1. The predicted molar refractivity (Wildman–Crippen MR) is 66.3 cm³/mol. The van der Waals surface area contributed by atoms with Gasteiger partial charge >= 0.3 is 0 Å². The summed E-state index contributed by atoms with van der Waals surface area (Å²) in [6.07, 6.45) is 1.43. The van der Waals surface area contributed by atoms with Gasteiger partial charge in [-0.2, -0.15) is 0 Å². The van der Waals surface area contributed by atoms with Gasteiger partial charge < -0.3 is 14.5 Å². The molecule has 0 bridgehead atoms. The van der Waals surface area contributed by atoms with Crippen molar-refractivity contribution in [2.75, 3.05) is 14.2 Å². The van der Waals surface area contributed by atoms with Crippen molar-refractivity contribution in [2.24, 2.45) is 0 Å². The van der Waals surface area contributed by atoms with Gasteiger partial charge in [-0.05, 0) is 25.2 Å². The minimum atomic E-state index is 0.625. The fourth-order valence-electron chi connectivity index (χ4n) is 1.63. The average molecular weight is 253 g/mol. The third-order valence-corrected chi connectivity index (χ3v) is 2.63. The number of methoxy groups -OCH3 is 1. The van der Waals surface area contributed by atoms with Crippen LogP contribution in [0.2, 0.25) is 5.02 Å². The van der Waals surface area contributed by atoms with Crippen molar-refractivity contribution in [3.63, 3.8) is 0 Å². The van der Waals surface area contributed by atoms with Gasteiger partial charge in [-0.1, -0.05) is 11.6 Å². The summed E-state index contributed by atoms with van der Waals surface area (Å²) in [5.41, 5.74) is 1.69. The molecule has 4 nitrogen and oxygen atoms in total. The molecule has 1 aromatic heterocycles. The highest BCUT2D eigenvalue weighted by atomic mass is 35.5. The highest BCUT2D eigenvalue weighted by molar-refractivity contribution is 6.30. The summed E-state index contributed by atoms with van der Waals surface area (Å²) in [5, 5.41) is 3.67. The molecule has 0 radical (unpaired) electrons. The predicted octanol–water partition coefficient (Wildman–Crippen LogP) is 2.72. The van der Waals surface area contributed by atoms with E-state index in [2.05, 4.69) is 10.3 Å². The van der Waals surface area contributed by atoms with Crippen LogP contribution >= 0.6 is 11.6 Å². The van der Waals surface area contributed by atoms with Gasteiger partial charge in [0, 0.05) is 11.6 Å². The lowest BCUT2D eigenvalue weighted by Crippen LogP contribution is -2.06. The van der Waals surface area contributed by atoms with Crippen LogP contribution < -0.4 is 10.1 Å². The third-order valence-electron chi connectivity index (χ3n) is 2.39. The summed E-state index contributed by atoms with van der Waals surface area (Å²) in [7, 11) is 3.46. The van der Waals surface area contributed by atoms with E-state index in [0.29, 0.717) is 23.1 Å². The quantitative estimate of drug-likeness (QED) is 0.909. The number of halogens is 1. The van der Waals surface area contributed by atoms with Crippen LogP contribution in [0.1, 0.15) is 5.69 Å². The lowest BCUT2D eigenvalue weighted by molar-refractivity contribution is 0.414. The van der Waals surface area contributed by atoms with Gasteiger partial charge in [0.25, 0.3) is 0 Å². The maximum Gasteiger partial charge on any atom is 0.181 e. The Morgan fingerprint density at radius 1 is 1.47 bits per heavy atom. The monoisotopic (exact) mass is 252 g/mol. The second kappa shape index (κ2) is 5.21. The Hall–Kier alpha value is -1.52. The molecule has 17 heavy (non-hydrogen) atoms. The molecule has 90 valence electrons. The first-order chi connectivity index (χ1) is 8.26. The van der Waals surface area contributed by atoms with Crippen molar-refractivity contribution in [1.29, 1.82) is 0 Å². The van der Waals surface area contributed by atoms with E-state index in [4.69, 9.17) is 20.8 Å². The van der Waals surface area contributed by atoms with Gasteiger partial charge in [0.1, 0.15) is 11.4 Å². The lowest BCUT2D eigenvalue weighted by Gasteiger charge is -2.07. The first kappa shape index (κ1) is 12.0. The molecule has 2 rings (SSSR count). The molecule has 0 saturated carbocycles. The van der Waals surface area contributed by atoms with E-state index in [0.717, 1.165) is 11.3 Å². The molecule has 2 aromatic rings. The summed E-state index contributed by atoms with van der Waals surface area (Å²) in [5.74, 6) is 1.37. The normalized spacial score (nSPS) is 10.5. The van der Waals surface area contributed by atoms with Crippen molar-refractivity contribution in [3.8, 4) is 17.1 Å². The van der Waals surface area contributed by atoms with Crippen LogP contribution in [0.15, 0.2) is 29.0 Å². The molecule has 1 heterocycles. The molecule has 1 N–H and O–H groups in total. The first-order valence-corrected chi connectivity index (χ1v) is 5.55. The minimum absolute atomic E-state index is 0.625. The van der Waals surface area contributed by atoms with Crippen LogP contribution in [0.3, 0.4) is 0 Å². The topological polar surface area (TPSA) is 47.3 Å². The van der Waals surface area contributed by atoms with Crippen molar-refractivity contribution in [1.82, 2.24) is 10.3 Å². The largest absolute Gasteiger partial charge is 0.496 e. The number of hydrogen-bond acceptors (Lipinski definition) is 4. The van der Waals surface area contributed by atoms with E-state index >= 15 is 0 Å². The molecule has 5 heteroatoms. The van der Waals surface area contributed by atoms with Crippen LogP contribution in [0.5, 0.6) is 5.75 Å². The Kier molecular flexibility index (Phi) is 3.66. The van der Waals surface area contributed by atoms with E-state index in [9.17, 15) is 0 Å². The van der Waals surface area contributed by atoms with Crippen molar-refractivity contribution in [3.05, 3.63) is 35.3 Å². The summed E-state index contributed by atoms with van der Waals surface area (Å²) in [4.78, 5) is 4.16. The number of nitrogens with one attached hydrogen (secondary N) is 1. The van der Waals surface area contributed by atoms with Crippen LogP contribution in [0.4, 0.5) is 0 Å². The van der Waals surface area contributed by atoms with Crippen molar-refractivity contribution in [2.45, 2.75) is 6.54 Å². The Bertz CT molecular complexity index is 511. The molecule has 0 unspecified atom stereocenters. The molecule has 0 spiro atoms. The molecule has 0 atom stereocenters. The fraction of sp³-hybridized carbons (Fsp3) is 0.250. The number of rotatable bonds is 4. The molecular weight excluding hydrogens is 240 g/mol. The highest BCUT2D eigenvalue weighted by Crippen LogP contribution is 2.34. The first-order valence-electron chi connectivity index (χ1n) is 5.17. The van der Waals surface area contributed by atoms with Gasteiger partial charge in [-0.15, -0.1) is 0 Å². The Morgan fingerprint density at radius 2 is 2.29 bits per heavy atom. The Labute approximate surface area is 105 Å². The molecule has 0 fully saturated rings. The van der Waals surface area contributed by atoms with Gasteiger partial charge in [0.05, 0.1) is 12.7 Å². The number of oxazole rings is 1. The molecule has 0 aliphatic rings. The van der Waals surface area contributed by atoms with Crippen molar-refractivity contribution >= 4 is 11.6 Å². The Morgan fingerprint density at radius 3 is 3.00 bits per heavy atom. The zero-order valence-corrected chi connectivity index (χ0v) is 10.4. The van der Waals surface area contributed by atoms with Gasteiger partial charge in [-0.3, -0.25) is 0 Å². The maximum atomic E-state index is 5.92. The fourth-order valence-corrected chi connectivity index (χ4v) is 1.80. The number of hydrogen-bond donors (Lipinski definition) is 1. The van der Waals surface area contributed by atoms with Crippen LogP contribution in [-0.4, -0.2) is 19.1 Å². The summed E-state index contributed by atoms with van der Waals surface area (Å²) >= 11 is 5.92. The average Bonchev–Trinajstić information content (AvgIpc) is 2.77. The van der Waals surface area contributed by atoms with E-state index in [1.165, 1.54) is 6.39 Å². The van der Waals surface area contributed by atoms with Crippen LogP contribution in [0, 0.1) is 0 Å². The number of aromatic nitrogens is 1. The molecular formula is C12H13ClN2O2. The zero-order valence-electron chi connectivity index (χ0n) is 9.66. The number of ether oxygens (including phenoxy) is 1. The van der Waals surface area contributed by atoms with E-state index < -0.39 is 0 Å². The molecule has 1 aromatic carbocycles. The van der Waals surface area contributed by atoms with Gasteiger partial charge in [-0.25, -0.2) is 4.98 Å². The standard InChI is InChI=1S/C12H13ClN2O2/c1-14-6-10-12(17-7-15-10)9-4-3-8(13)5-11(9)16-2/h3-5,7,14H,6H2,1-2H3. The molecule has 0 aliphatic carbocycles. The van der Waals surface area contributed by atoms with E-state index in [1.807, 2.05) is 13.1 Å². The Balaban J connectivity index is 2.48. The minimum Gasteiger partial charge on any atom is -0.496 e. The van der Waals surface area contributed by atoms with Crippen LogP contribution in [-0.2, 0) is 6.54 Å². The van der Waals surface area contributed by atoms with Crippen molar-refractivity contribution < 1.29 is 9.15 Å². The molecule has 0 amide bonds. The zero-order chi connectivity index (χ0) is 12.3. The second-order valence-electron chi connectivity index (χ2n) is 3.50. The third kappa shape index (κ3) is 2.43. The smallest absolute Gasteiger partial charge is 0.181 e. The lowest BCUT2D eigenvalue weighted by atomic mass is 10.1. The molecule has 0 saturated heterocycles. The summed E-state index contributed by atoms with van der Waals surface area (Å²) in [6.45, 7) is 0.637. The van der Waals surface area contributed by atoms with Gasteiger partial charge in [0.2, 0.25) is 0 Å².